The third-order valence-electron chi connectivity index (χ3n) is 5.68. The van der Waals surface area contributed by atoms with Crippen LogP contribution in [0.3, 0.4) is 0 Å². The van der Waals surface area contributed by atoms with Crippen LogP contribution in [0.1, 0.15) is 48.0 Å². The highest BCUT2D eigenvalue weighted by Gasteiger charge is 2.45. The van der Waals surface area contributed by atoms with E-state index in [0.29, 0.717) is 23.1 Å². The summed E-state index contributed by atoms with van der Waals surface area (Å²) in [6.07, 6.45) is 4.87. The van der Waals surface area contributed by atoms with E-state index < -0.39 is 11.4 Å². The Bertz CT molecular complexity index is 1040. The molecule has 1 fully saturated rings. The van der Waals surface area contributed by atoms with Crippen molar-refractivity contribution in [3.63, 3.8) is 0 Å². The maximum atomic E-state index is 11.8. The number of carbonyl (C=O) groups is 1. The first-order valence-corrected chi connectivity index (χ1v) is 10.2. The van der Waals surface area contributed by atoms with Gasteiger partial charge in [-0.3, -0.25) is 9.80 Å². The molecule has 1 aliphatic carbocycles. The molecule has 0 aromatic heterocycles. The van der Waals surface area contributed by atoms with Crippen LogP contribution >= 0.6 is 11.6 Å². The normalized spacial score (nSPS) is 17.7. The van der Waals surface area contributed by atoms with E-state index in [1.165, 1.54) is 0 Å². The van der Waals surface area contributed by atoms with Crippen molar-refractivity contribution in [1.29, 1.82) is 5.53 Å². The third-order valence-corrected chi connectivity index (χ3v) is 5.91. The molecule has 1 heterocycles. The van der Waals surface area contributed by atoms with Crippen LogP contribution in [0.15, 0.2) is 62.8 Å². The Morgan fingerprint density at radius 2 is 2.00 bits per heavy atom. The number of hydrazine groups is 1. The van der Waals surface area contributed by atoms with Gasteiger partial charge in [-0.15, -0.1) is 10.2 Å². The molecule has 3 N–H and O–H groups in total. The molecule has 4 rings (SSSR count). The van der Waals surface area contributed by atoms with Gasteiger partial charge in [0.25, 0.3) is 5.91 Å². The van der Waals surface area contributed by atoms with Gasteiger partial charge in [-0.1, -0.05) is 43.0 Å². The lowest BCUT2D eigenvalue weighted by molar-refractivity contribution is 0.0991. The summed E-state index contributed by atoms with van der Waals surface area (Å²) in [5.41, 5.74) is 8.95. The van der Waals surface area contributed by atoms with Gasteiger partial charge < -0.3 is 0 Å². The third kappa shape index (κ3) is 3.76. The molecule has 2 aromatic rings. The van der Waals surface area contributed by atoms with E-state index in [0.717, 1.165) is 43.4 Å². The number of rotatable bonds is 3. The van der Waals surface area contributed by atoms with Crippen molar-refractivity contribution in [3.8, 4) is 0 Å². The summed E-state index contributed by atoms with van der Waals surface area (Å²) in [5.74, 6) is 6.52. The van der Waals surface area contributed by atoms with Gasteiger partial charge in [-0.25, -0.2) is 16.4 Å². The number of nitrogens with zero attached hydrogens (tertiary/aromatic N) is 5. The fourth-order valence-corrected chi connectivity index (χ4v) is 4.32. The first-order valence-electron chi connectivity index (χ1n) is 9.85. The first-order chi connectivity index (χ1) is 14.5. The molecule has 0 saturated heterocycles. The van der Waals surface area contributed by atoms with E-state index in [-0.39, 0.29) is 5.56 Å². The van der Waals surface area contributed by atoms with Gasteiger partial charge in [0.1, 0.15) is 5.54 Å². The number of hydrogen-bond acceptors (Lipinski definition) is 7. The van der Waals surface area contributed by atoms with Crippen molar-refractivity contribution >= 4 is 34.7 Å². The molecule has 30 heavy (non-hydrogen) atoms. The predicted molar refractivity (Wildman–Crippen MR) is 116 cm³/mol. The Balaban J connectivity index is 1.72. The van der Waals surface area contributed by atoms with Crippen LogP contribution in [0.5, 0.6) is 0 Å². The summed E-state index contributed by atoms with van der Waals surface area (Å²) in [5, 5.41) is 14.2. The standard InChI is InChI=1S/C21H22ClN7O/c22-16-6-4-5-14(11-16)13-25-28-20-21(9-2-1-3-10-21)29(24)18-8-7-15(19(30)27-23)12-17(18)26-20/h4-8,11-12,23H,1-3,9-10,13,24H2. The minimum atomic E-state index is -0.626. The molecule has 1 saturated carbocycles. The Morgan fingerprint density at radius 3 is 2.73 bits per heavy atom. The van der Waals surface area contributed by atoms with E-state index >= 15 is 0 Å². The number of carbonyl (C=O) groups excluding carboxylic acids is 1. The number of hydrogen-bond donors (Lipinski definition) is 2. The molecule has 0 bridgehead atoms. The number of fused-ring (bicyclic) bond motifs is 1. The Kier molecular flexibility index (Phi) is 5.69. The zero-order valence-electron chi connectivity index (χ0n) is 16.4. The highest BCUT2D eigenvalue weighted by atomic mass is 35.5. The second-order valence-electron chi connectivity index (χ2n) is 7.55. The van der Waals surface area contributed by atoms with E-state index in [4.69, 9.17) is 28.0 Å². The van der Waals surface area contributed by atoms with E-state index in [1.807, 2.05) is 24.3 Å². The highest BCUT2D eigenvalue weighted by molar-refractivity contribution is 6.30. The van der Waals surface area contributed by atoms with Crippen molar-refractivity contribution in [2.24, 2.45) is 26.2 Å². The lowest BCUT2D eigenvalue weighted by atomic mass is 9.79. The average Bonchev–Trinajstić information content (AvgIpc) is 2.77. The molecule has 1 aliphatic heterocycles. The molecule has 1 spiro atoms. The van der Waals surface area contributed by atoms with E-state index in [2.05, 4.69) is 15.3 Å². The largest absolute Gasteiger partial charge is 0.295 e. The van der Waals surface area contributed by atoms with Crippen LogP contribution in [0.4, 0.5) is 11.4 Å². The second-order valence-corrected chi connectivity index (χ2v) is 7.98. The molecule has 9 heteroatoms. The van der Waals surface area contributed by atoms with Crippen molar-refractivity contribution in [1.82, 2.24) is 0 Å². The van der Waals surface area contributed by atoms with Crippen molar-refractivity contribution in [2.75, 3.05) is 5.01 Å². The molecule has 0 unspecified atom stereocenters. The number of nitrogens with one attached hydrogen (secondary N) is 1. The summed E-state index contributed by atoms with van der Waals surface area (Å²) in [6.45, 7) is 0.378. The molecule has 0 radical (unpaired) electrons. The summed E-state index contributed by atoms with van der Waals surface area (Å²) < 4.78 is 0. The van der Waals surface area contributed by atoms with Gasteiger partial charge in [0, 0.05) is 10.6 Å². The van der Waals surface area contributed by atoms with Crippen LogP contribution in [-0.4, -0.2) is 17.3 Å². The van der Waals surface area contributed by atoms with Gasteiger partial charge in [-0.05, 0) is 48.7 Å². The topological polar surface area (TPSA) is 120 Å². The molecule has 1 amide bonds. The molecular weight excluding hydrogens is 402 g/mol. The molecule has 8 nitrogen and oxygen atoms in total. The number of azo groups is 1. The Labute approximate surface area is 179 Å². The maximum Gasteiger partial charge on any atom is 0.294 e. The molecule has 2 aliphatic rings. The Hall–Kier alpha value is -2.97. The minimum Gasteiger partial charge on any atom is -0.295 e. The maximum absolute atomic E-state index is 11.8. The van der Waals surface area contributed by atoms with Gasteiger partial charge >= 0.3 is 0 Å². The van der Waals surface area contributed by atoms with E-state index in [1.54, 1.807) is 23.2 Å². The number of benzene rings is 2. The summed E-state index contributed by atoms with van der Waals surface area (Å²) >= 11 is 6.05. The average molecular weight is 424 g/mol. The Morgan fingerprint density at radius 1 is 1.20 bits per heavy atom. The number of amides is 1. The molecular formula is C21H22ClN7O. The zero-order chi connectivity index (χ0) is 21.1. The minimum absolute atomic E-state index is 0.288. The smallest absolute Gasteiger partial charge is 0.294 e. The quantitative estimate of drug-likeness (QED) is 0.494. The fraction of sp³-hybridized carbons (Fsp3) is 0.333. The summed E-state index contributed by atoms with van der Waals surface area (Å²) in [6, 6.07) is 12.5. The number of halogens is 1. The zero-order valence-corrected chi connectivity index (χ0v) is 17.1. The van der Waals surface area contributed by atoms with Crippen LogP contribution in [0.25, 0.3) is 0 Å². The van der Waals surface area contributed by atoms with Crippen molar-refractivity contribution < 1.29 is 4.79 Å². The number of anilines is 1. The molecule has 0 atom stereocenters. The van der Waals surface area contributed by atoms with Crippen LogP contribution in [0, 0.1) is 5.53 Å². The first kappa shape index (κ1) is 20.3. The monoisotopic (exact) mass is 423 g/mol. The van der Waals surface area contributed by atoms with Crippen molar-refractivity contribution in [2.45, 2.75) is 44.2 Å². The van der Waals surface area contributed by atoms with Crippen LogP contribution in [0.2, 0.25) is 5.02 Å². The summed E-state index contributed by atoms with van der Waals surface area (Å²) in [7, 11) is 0. The van der Waals surface area contributed by atoms with Gasteiger partial charge in [0.15, 0.2) is 5.84 Å². The van der Waals surface area contributed by atoms with Crippen LogP contribution in [-0.2, 0) is 6.54 Å². The van der Waals surface area contributed by atoms with Gasteiger partial charge in [-0.2, -0.15) is 5.11 Å². The number of amidine groups is 1. The SMILES string of the molecule is N=NC(=O)c1ccc2c(c1)N=C(N=NCc1cccc(Cl)c1)C1(CCCCC1)N2N. The lowest BCUT2D eigenvalue weighted by Gasteiger charge is -2.46. The second kappa shape index (κ2) is 8.41. The highest BCUT2D eigenvalue weighted by Crippen LogP contribution is 2.44. The van der Waals surface area contributed by atoms with Crippen LogP contribution < -0.4 is 10.9 Å². The van der Waals surface area contributed by atoms with Gasteiger partial charge in [0.2, 0.25) is 0 Å². The lowest BCUT2D eigenvalue weighted by Crippen LogP contribution is -2.60. The molecule has 2 aromatic carbocycles. The van der Waals surface area contributed by atoms with Crippen molar-refractivity contribution in [3.05, 3.63) is 58.6 Å². The van der Waals surface area contributed by atoms with Gasteiger partial charge in [0.05, 0.1) is 17.9 Å². The number of aliphatic imine (C=N–C) groups is 1. The fourth-order valence-electron chi connectivity index (χ4n) is 4.11. The number of nitrogens with two attached hydrogens (primary N) is 1. The summed E-state index contributed by atoms with van der Waals surface area (Å²) in [4.78, 5) is 16.6. The predicted octanol–water partition coefficient (Wildman–Crippen LogP) is 5.59. The molecule has 154 valence electrons. The van der Waals surface area contributed by atoms with E-state index in [9.17, 15) is 4.79 Å².